The maximum Gasteiger partial charge on any atom is 0.392 e. The molecule has 0 bridgehead atoms. The first kappa shape index (κ1) is 26.3. The van der Waals surface area contributed by atoms with Gasteiger partial charge in [-0.1, -0.05) is 6.08 Å². The number of ketones is 1. The molecule has 1 fully saturated rings. The first-order valence-electron chi connectivity index (χ1n) is 11.5. The van der Waals surface area contributed by atoms with Crippen molar-refractivity contribution in [3.8, 4) is 0 Å². The van der Waals surface area contributed by atoms with Crippen LogP contribution in [0.5, 0.6) is 0 Å². The Bertz CT molecular complexity index is 1250. The molecule has 0 spiro atoms. The summed E-state index contributed by atoms with van der Waals surface area (Å²) < 4.78 is 92.9. The van der Waals surface area contributed by atoms with Crippen LogP contribution in [0.2, 0.25) is 0 Å². The van der Waals surface area contributed by atoms with Gasteiger partial charge in [0.25, 0.3) is 0 Å². The summed E-state index contributed by atoms with van der Waals surface area (Å²) in [7, 11) is -4.21. The van der Waals surface area contributed by atoms with Gasteiger partial charge in [-0.15, -0.1) is 0 Å². The third-order valence-electron chi connectivity index (χ3n) is 6.55. The molecule has 1 aromatic heterocycles. The lowest BCUT2D eigenvalue weighted by Gasteiger charge is -2.24. The van der Waals surface area contributed by atoms with Crippen molar-refractivity contribution in [3.63, 3.8) is 0 Å². The van der Waals surface area contributed by atoms with E-state index in [4.69, 9.17) is 0 Å². The predicted octanol–water partition coefficient (Wildman–Crippen LogP) is 4.66. The van der Waals surface area contributed by atoms with Gasteiger partial charge in [0.1, 0.15) is 18.3 Å². The summed E-state index contributed by atoms with van der Waals surface area (Å²) in [5, 5.41) is 0. The fourth-order valence-corrected chi connectivity index (χ4v) is 6.20. The van der Waals surface area contributed by atoms with Crippen LogP contribution in [0.3, 0.4) is 0 Å². The standard InChI is InChI=1S/C24H24F5N3O3S/c25-17-5-8-20(9-6-17)36(34,35)32-13-18(26)11-22(32)23(33)10-7-19-12-21(31-14-30-19)15-1-3-16(4-2-15)24(27,28)29/h1,5-6,8-9,12,14,16,18,22H,2-4,7,10-11,13H2/t16-,18?,22-/m0/s1. The number of carbonyl (C=O) groups is 1. The van der Waals surface area contributed by atoms with E-state index in [-0.39, 0.29) is 43.4 Å². The summed E-state index contributed by atoms with van der Waals surface area (Å²) in [5.41, 5.74) is 1.63. The lowest BCUT2D eigenvalue weighted by Crippen LogP contribution is -2.40. The van der Waals surface area contributed by atoms with E-state index in [1.54, 1.807) is 6.07 Å². The van der Waals surface area contributed by atoms with E-state index >= 15 is 0 Å². The highest BCUT2D eigenvalue weighted by Crippen LogP contribution is 2.39. The van der Waals surface area contributed by atoms with E-state index in [1.165, 1.54) is 12.4 Å². The molecule has 2 aromatic rings. The molecule has 3 atom stereocenters. The van der Waals surface area contributed by atoms with Gasteiger partial charge < -0.3 is 0 Å². The average molecular weight is 530 g/mol. The summed E-state index contributed by atoms with van der Waals surface area (Å²) in [6.45, 7) is -0.471. The third kappa shape index (κ3) is 5.80. The van der Waals surface area contributed by atoms with Crippen LogP contribution in [0.25, 0.3) is 5.57 Å². The smallest absolute Gasteiger partial charge is 0.298 e. The molecule has 6 nitrogen and oxygen atoms in total. The number of benzene rings is 1. The minimum Gasteiger partial charge on any atom is -0.298 e. The van der Waals surface area contributed by atoms with E-state index in [9.17, 15) is 35.2 Å². The Morgan fingerprint density at radius 2 is 1.86 bits per heavy atom. The van der Waals surface area contributed by atoms with E-state index in [2.05, 4.69) is 9.97 Å². The molecule has 36 heavy (non-hydrogen) atoms. The van der Waals surface area contributed by atoms with Gasteiger partial charge in [-0.3, -0.25) is 4.79 Å². The van der Waals surface area contributed by atoms with E-state index in [1.807, 2.05) is 0 Å². The second-order valence-electron chi connectivity index (χ2n) is 8.98. The maximum absolute atomic E-state index is 14.2. The number of rotatable bonds is 7. The molecule has 1 aromatic carbocycles. The van der Waals surface area contributed by atoms with Gasteiger partial charge in [0.15, 0.2) is 5.78 Å². The van der Waals surface area contributed by atoms with E-state index in [0.717, 1.165) is 28.6 Å². The molecular weight excluding hydrogens is 505 g/mol. The number of sulfonamides is 1. The lowest BCUT2D eigenvalue weighted by atomic mass is 9.87. The predicted molar refractivity (Wildman–Crippen MR) is 120 cm³/mol. The Labute approximate surface area is 205 Å². The number of alkyl halides is 4. The molecule has 0 N–H and O–H groups in total. The van der Waals surface area contributed by atoms with Crippen LogP contribution in [-0.4, -0.2) is 53.4 Å². The van der Waals surface area contributed by atoms with Crippen molar-refractivity contribution in [2.75, 3.05) is 6.54 Å². The molecule has 0 amide bonds. The Kier molecular flexibility index (Phi) is 7.56. The van der Waals surface area contributed by atoms with Gasteiger partial charge in [-0.25, -0.2) is 27.2 Å². The number of nitrogens with zero attached hydrogens (tertiary/aromatic N) is 3. The van der Waals surface area contributed by atoms with Crippen LogP contribution in [-0.2, 0) is 21.2 Å². The number of allylic oxidation sites excluding steroid dienone is 2. The van der Waals surface area contributed by atoms with E-state index < -0.39 is 52.5 Å². The molecule has 1 unspecified atom stereocenters. The van der Waals surface area contributed by atoms with Crippen LogP contribution >= 0.6 is 0 Å². The van der Waals surface area contributed by atoms with Crippen molar-refractivity contribution in [3.05, 3.63) is 59.9 Å². The van der Waals surface area contributed by atoms with Gasteiger partial charge >= 0.3 is 6.18 Å². The van der Waals surface area contributed by atoms with Gasteiger partial charge in [-0.05, 0) is 61.6 Å². The fraction of sp³-hybridized carbons (Fsp3) is 0.458. The van der Waals surface area contributed by atoms with Crippen molar-refractivity contribution in [1.82, 2.24) is 14.3 Å². The van der Waals surface area contributed by atoms with Gasteiger partial charge in [0.05, 0.1) is 22.5 Å². The second-order valence-corrected chi connectivity index (χ2v) is 10.9. The van der Waals surface area contributed by atoms with Crippen LogP contribution in [0.4, 0.5) is 22.0 Å². The summed E-state index contributed by atoms with van der Waals surface area (Å²) in [5.74, 6) is -2.48. The molecule has 12 heteroatoms. The van der Waals surface area contributed by atoms with Crippen molar-refractivity contribution >= 4 is 21.4 Å². The second kappa shape index (κ2) is 10.3. The number of aromatic nitrogens is 2. The van der Waals surface area contributed by atoms with Crippen molar-refractivity contribution < 1.29 is 35.2 Å². The molecule has 0 radical (unpaired) electrons. The van der Waals surface area contributed by atoms with Crippen molar-refractivity contribution in [2.45, 2.75) is 61.8 Å². The highest BCUT2D eigenvalue weighted by atomic mass is 32.2. The van der Waals surface area contributed by atoms with Crippen LogP contribution in [0, 0.1) is 11.7 Å². The highest BCUT2D eigenvalue weighted by Gasteiger charge is 2.44. The fourth-order valence-electron chi connectivity index (χ4n) is 4.55. The van der Waals surface area contributed by atoms with Crippen LogP contribution < -0.4 is 0 Å². The van der Waals surface area contributed by atoms with Gasteiger partial charge in [0, 0.05) is 25.1 Å². The number of carbonyl (C=O) groups excluding carboxylic acids is 1. The zero-order chi connectivity index (χ0) is 26.1. The summed E-state index contributed by atoms with van der Waals surface area (Å²) in [4.78, 5) is 21.0. The minimum absolute atomic E-state index is 0.0302. The average Bonchev–Trinajstić information content (AvgIpc) is 3.25. The Morgan fingerprint density at radius 3 is 2.50 bits per heavy atom. The molecule has 1 aliphatic carbocycles. The molecule has 2 heterocycles. The van der Waals surface area contributed by atoms with Crippen LogP contribution in [0.15, 0.2) is 47.6 Å². The van der Waals surface area contributed by atoms with Crippen LogP contribution in [0.1, 0.15) is 43.5 Å². The number of aryl methyl sites for hydroxylation is 1. The Morgan fingerprint density at radius 1 is 1.14 bits per heavy atom. The van der Waals surface area contributed by atoms with E-state index in [0.29, 0.717) is 17.0 Å². The first-order chi connectivity index (χ1) is 16.9. The Hall–Kier alpha value is -2.73. The minimum atomic E-state index is -4.24. The molecule has 4 rings (SSSR count). The highest BCUT2D eigenvalue weighted by molar-refractivity contribution is 7.89. The van der Waals surface area contributed by atoms with Crippen molar-refractivity contribution in [2.24, 2.45) is 5.92 Å². The third-order valence-corrected chi connectivity index (χ3v) is 8.44. The summed E-state index contributed by atoms with van der Waals surface area (Å²) in [6, 6.07) is 4.49. The number of Topliss-reactive ketones (excluding diaryl/α,β-unsaturated/α-hetero) is 1. The largest absolute Gasteiger partial charge is 0.392 e. The zero-order valence-corrected chi connectivity index (χ0v) is 19.9. The molecule has 0 saturated carbocycles. The monoisotopic (exact) mass is 529 g/mol. The first-order valence-corrected chi connectivity index (χ1v) is 12.9. The molecule has 2 aliphatic rings. The normalized spacial score (nSPS) is 23.5. The summed E-state index contributed by atoms with van der Waals surface area (Å²) in [6.07, 6.45) is -3.16. The molecular formula is C24H24F5N3O3S. The maximum atomic E-state index is 14.2. The quantitative estimate of drug-likeness (QED) is 0.488. The SMILES string of the molecule is O=C(CCc1cc(C2=CC[C@H](C(F)(F)F)CC2)ncn1)[C@@H]1CC(F)CN1S(=O)(=O)c1ccc(F)cc1. The van der Waals surface area contributed by atoms with Gasteiger partial charge in [-0.2, -0.15) is 17.5 Å². The molecule has 1 saturated heterocycles. The molecule has 1 aliphatic heterocycles. The lowest BCUT2D eigenvalue weighted by molar-refractivity contribution is -0.175. The van der Waals surface area contributed by atoms with Gasteiger partial charge in [0.2, 0.25) is 10.0 Å². The van der Waals surface area contributed by atoms with Crippen molar-refractivity contribution in [1.29, 1.82) is 0 Å². The number of hydrogen-bond donors (Lipinski definition) is 0. The Balaban J connectivity index is 1.43. The summed E-state index contributed by atoms with van der Waals surface area (Å²) >= 11 is 0. The molecule has 194 valence electrons. The number of hydrogen-bond acceptors (Lipinski definition) is 5. The zero-order valence-electron chi connectivity index (χ0n) is 19.1. The topological polar surface area (TPSA) is 80.2 Å². The number of halogens is 5.